The maximum atomic E-state index is 12.6. The average molecular weight is 434 g/mol. The second kappa shape index (κ2) is 8.89. The summed E-state index contributed by atoms with van der Waals surface area (Å²) in [4.78, 5) is 22.7. The first-order valence-corrected chi connectivity index (χ1v) is 12.0. The van der Waals surface area contributed by atoms with E-state index in [0.29, 0.717) is 17.7 Å². The van der Waals surface area contributed by atoms with Crippen molar-refractivity contribution in [2.75, 3.05) is 5.32 Å². The topological polar surface area (TPSA) is 75.1 Å². The lowest BCUT2D eigenvalue weighted by Gasteiger charge is -2.19. The van der Waals surface area contributed by atoms with Crippen LogP contribution in [0.4, 0.5) is 5.82 Å². The van der Waals surface area contributed by atoms with Gasteiger partial charge in [0.15, 0.2) is 0 Å². The summed E-state index contributed by atoms with van der Waals surface area (Å²) < 4.78 is 0. The Morgan fingerprint density at radius 1 is 1.13 bits per heavy atom. The van der Waals surface area contributed by atoms with E-state index in [9.17, 15) is 9.90 Å². The van der Waals surface area contributed by atoms with Gasteiger partial charge in [0.2, 0.25) is 5.91 Å². The second-order valence-corrected chi connectivity index (χ2v) is 9.73. The molecule has 0 spiro atoms. The molecular formula is C25H27N3O2S. The fraction of sp³-hybridized carbons (Fsp3) is 0.400. The molecule has 160 valence electrons. The number of nitrogens with zero attached hydrogens (tertiary/aromatic N) is 2. The van der Waals surface area contributed by atoms with Crippen molar-refractivity contribution < 1.29 is 9.90 Å². The van der Waals surface area contributed by atoms with Gasteiger partial charge in [0.05, 0.1) is 23.2 Å². The number of aliphatic hydroxyl groups excluding tert-OH is 1. The van der Waals surface area contributed by atoms with Crippen LogP contribution in [0.1, 0.15) is 59.4 Å². The number of carbonyl (C=O) groups is 1. The van der Waals surface area contributed by atoms with Crippen molar-refractivity contribution in [3.05, 3.63) is 75.9 Å². The number of carbonyl (C=O) groups excluding carboxylic acids is 1. The zero-order chi connectivity index (χ0) is 21.2. The van der Waals surface area contributed by atoms with E-state index in [2.05, 4.69) is 21.4 Å². The molecule has 1 aromatic carbocycles. The van der Waals surface area contributed by atoms with Crippen molar-refractivity contribution in [3.63, 3.8) is 0 Å². The molecule has 31 heavy (non-hydrogen) atoms. The number of nitrogens with one attached hydrogen (secondary N) is 1. The van der Waals surface area contributed by atoms with Gasteiger partial charge >= 0.3 is 0 Å². The number of hydrogen-bond acceptors (Lipinski definition) is 5. The van der Waals surface area contributed by atoms with Crippen LogP contribution in [-0.4, -0.2) is 21.0 Å². The van der Waals surface area contributed by atoms with Crippen LogP contribution in [0.2, 0.25) is 0 Å². The molecule has 5 rings (SSSR count). The van der Waals surface area contributed by atoms with Crippen molar-refractivity contribution >= 4 is 23.1 Å². The minimum Gasteiger partial charge on any atom is -0.388 e. The minimum atomic E-state index is -0.379. The third-order valence-electron chi connectivity index (χ3n) is 6.75. The number of aliphatic hydroxyl groups is 1. The Bertz CT molecular complexity index is 1030. The summed E-state index contributed by atoms with van der Waals surface area (Å²) in [6.07, 6.45) is 7.45. The lowest BCUT2D eigenvalue weighted by atomic mass is 9.92. The van der Waals surface area contributed by atoms with E-state index in [4.69, 9.17) is 0 Å². The van der Waals surface area contributed by atoms with Crippen LogP contribution in [-0.2, 0) is 17.6 Å². The van der Waals surface area contributed by atoms with E-state index in [1.165, 1.54) is 10.4 Å². The van der Waals surface area contributed by atoms with Gasteiger partial charge in [0.1, 0.15) is 5.82 Å². The summed E-state index contributed by atoms with van der Waals surface area (Å²) >= 11 is 1.63. The minimum absolute atomic E-state index is 0.0153. The second-order valence-electron chi connectivity index (χ2n) is 8.79. The Labute approximate surface area is 186 Å². The zero-order valence-electron chi connectivity index (χ0n) is 17.4. The Hall–Kier alpha value is -2.57. The van der Waals surface area contributed by atoms with Gasteiger partial charge in [0, 0.05) is 11.1 Å². The largest absolute Gasteiger partial charge is 0.388 e. The highest BCUT2D eigenvalue weighted by atomic mass is 32.1. The highest BCUT2D eigenvalue weighted by Gasteiger charge is 2.32. The number of aryl methyl sites for hydroxylation is 1. The molecule has 0 bridgehead atoms. The van der Waals surface area contributed by atoms with Crippen LogP contribution in [0.3, 0.4) is 0 Å². The summed E-state index contributed by atoms with van der Waals surface area (Å²) in [6, 6.07) is 13.9. The van der Waals surface area contributed by atoms with Gasteiger partial charge in [-0.05, 0) is 67.6 Å². The average Bonchev–Trinajstić information content (AvgIpc) is 3.52. The summed E-state index contributed by atoms with van der Waals surface area (Å²) in [6.45, 7) is 0. The predicted molar refractivity (Wildman–Crippen MR) is 122 cm³/mol. The molecule has 2 aromatic heterocycles. The highest BCUT2D eigenvalue weighted by molar-refractivity contribution is 7.09. The number of anilines is 1. The van der Waals surface area contributed by atoms with Gasteiger partial charge in [-0.1, -0.05) is 36.4 Å². The molecule has 0 aliphatic heterocycles. The first-order chi connectivity index (χ1) is 15.2. The van der Waals surface area contributed by atoms with E-state index < -0.39 is 0 Å². The van der Waals surface area contributed by atoms with Gasteiger partial charge in [-0.3, -0.25) is 4.79 Å². The number of pyridine rings is 1. The van der Waals surface area contributed by atoms with Gasteiger partial charge in [-0.2, -0.15) is 0 Å². The third-order valence-corrected chi connectivity index (χ3v) is 7.66. The zero-order valence-corrected chi connectivity index (χ0v) is 18.2. The monoisotopic (exact) mass is 433 g/mol. The maximum Gasteiger partial charge on any atom is 0.234 e. The molecule has 4 atom stereocenters. The maximum absolute atomic E-state index is 12.6. The SMILES string of the molecule is O=C(Nc1ccc(C[C@@H]2CC[C@H]([C@H](O)c3ccccc3)C2)cn1)[C@@H]1CCc2scnc21. The third kappa shape index (κ3) is 4.41. The molecule has 1 amide bonds. The van der Waals surface area contributed by atoms with Crippen LogP contribution in [0, 0.1) is 11.8 Å². The smallest absolute Gasteiger partial charge is 0.234 e. The number of benzene rings is 1. The molecule has 3 aromatic rings. The molecular weight excluding hydrogens is 406 g/mol. The van der Waals surface area contributed by atoms with E-state index in [1.807, 2.05) is 48.1 Å². The van der Waals surface area contributed by atoms with Crippen LogP contribution < -0.4 is 5.32 Å². The van der Waals surface area contributed by atoms with E-state index in [-0.39, 0.29) is 17.9 Å². The summed E-state index contributed by atoms with van der Waals surface area (Å²) in [7, 11) is 0. The number of fused-ring (bicyclic) bond motifs is 1. The summed E-state index contributed by atoms with van der Waals surface area (Å²) in [5, 5.41) is 13.7. The molecule has 2 aliphatic carbocycles. The van der Waals surface area contributed by atoms with E-state index in [0.717, 1.165) is 49.8 Å². The molecule has 1 saturated carbocycles. The molecule has 2 N–H and O–H groups in total. The molecule has 2 heterocycles. The lowest BCUT2D eigenvalue weighted by Crippen LogP contribution is -2.20. The fourth-order valence-electron chi connectivity index (χ4n) is 5.09. The molecule has 2 aliphatic rings. The van der Waals surface area contributed by atoms with Crippen molar-refractivity contribution in [1.29, 1.82) is 0 Å². The number of rotatable bonds is 6. The van der Waals surface area contributed by atoms with E-state index >= 15 is 0 Å². The number of amides is 1. The Morgan fingerprint density at radius 3 is 2.81 bits per heavy atom. The number of hydrogen-bond donors (Lipinski definition) is 2. The lowest BCUT2D eigenvalue weighted by molar-refractivity contribution is -0.117. The van der Waals surface area contributed by atoms with Crippen molar-refractivity contribution in [2.45, 2.75) is 50.5 Å². The molecule has 0 radical (unpaired) electrons. The summed E-state index contributed by atoms with van der Waals surface area (Å²) in [5.74, 6) is 1.31. The van der Waals surface area contributed by atoms with Gasteiger partial charge in [0.25, 0.3) is 0 Å². The van der Waals surface area contributed by atoms with Crippen LogP contribution in [0.25, 0.3) is 0 Å². The Kier molecular flexibility index (Phi) is 5.83. The van der Waals surface area contributed by atoms with Gasteiger partial charge in [-0.15, -0.1) is 11.3 Å². The fourth-order valence-corrected chi connectivity index (χ4v) is 5.94. The first kappa shape index (κ1) is 20.3. The molecule has 1 fully saturated rings. The van der Waals surface area contributed by atoms with Gasteiger partial charge < -0.3 is 10.4 Å². The predicted octanol–water partition coefficient (Wildman–Crippen LogP) is 4.90. The first-order valence-electron chi connectivity index (χ1n) is 11.1. The molecule has 0 unspecified atom stereocenters. The molecule has 5 nitrogen and oxygen atoms in total. The number of aromatic nitrogens is 2. The quantitative estimate of drug-likeness (QED) is 0.580. The van der Waals surface area contributed by atoms with Crippen LogP contribution in [0.5, 0.6) is 0 Å². The Balaban J connectivity index is 1.15. The van der Waals surface area contributed by atoms with Crippen molar-refractivity contribution in [1.82, 2.24) is 9.97 Å². The van der Waals surface area contributed by atoms with E-state index in [1.54, 1.807) is 11.3 Å². The summed E-state index contributed by atoms with van der Waals surface area (Å²) in [5.41, 5.74) is 4.96. The van der Waals surface area contributed by atoms with Crippen LogP contribution in [0.15, 0.2) is 54.2 Å². The van der Waals surface area contributed by atoms with Crippen LogP contribution >= 0.6 is 11.3 Å². The standard InChI is InChI=1S/C25H27N3O2S/c29-24(18-4-2-1-3-5-18)19-8-6-16(13-19)12-17-7-11-22(26-14-17)28-25(30)20-9-10-21-23(20)27-15-31-21/h1-5,7,11,14-16,19-20,24,29H,6,8-10,12-13H2,(H,26,28,30)/t16-,19-,20+,24+/m0/s1. The van der Waals surface area contributed by atoms with Crippen molar-refractivity contribution in [2.24, 2.45) is 11.8 Å². The normalized spacial score (nSPS) is 23.5. The molecule has 6 heteroatoms. The highest BCUT2D eigenvalue weighted by Crippen LogP contribution is 2.40. The molecule has 0 saturated heterocycles. The number of thiazole rings is 1. The Morgan fingerprint density at radius 2 is 2.00 bits per heavy atom. The van der Waals surface area contributed by atoms with Gasteiger partial charge in [-0.25, -0.2) is 9.97 Å². The van der Waals surface area contributed by atoms with Crippen molar-refractivity contribution in [3.8, 4) is 0 Å².